The van der Waals surface area contributed by atoms with Crippen LogP contribution in [0.4, 0.5) is 0 Å². The molecule has 0 saturated heterocycles. The van der Waals surface area contributed by atoms with Gasteiger partial charge in [-0.25, -0.2) is 4.79 Å². The predicted octanol–water partition coefficient (Wildman–Crippen LogP) is 1.31. The first kappa shape index (κ1) is 12.2. The van der Waals surface area contributed by atoms with Crippen LogP contribution in [0.3, 0.4) is 0 Å². The monoisotopic (exact) mass is 229 g/mol. The predicted molar refractivity (Wildman–Crippen MR) is 59.3 cm³/mol. The van der Waals surface area contributed by atoms with Crippen LogP contribution >= 0.6 is 11.3 Å². The number of aromatic carboxylic acids is 1. The molecule has 1 heterocycles. The third-order valence-electron chi connectivity index (χ3n) is 2.01. The van der Waals surface area contributed by atoms with Crippen LogP contribution in [0.25, 0.3) is 0 Å². The van der Waals surface area contributed by atoms with Gasteiger partial charge in [0.2, 0.25) is 0 Å². The Balaban J connectivity index is 2.55. The lowest BCUT2D eigenvalue weighted by Crippen LogP contribution is -2.41. The molecule has 1 rings (SSSR count). The summed E-state index contributed by atoms with van der Waals surface area (Å²) in [6.07, 6.45) is 0. The van der Waals surface area contributed by atoms with E-state index in [9.17, 15) is 4.79 Å². The second-order valence-corrected chi connectivity index (χ2v) is 5.13. The van der Waals surface area contributed by atoms with Crippen molar-refractivity contribution in [1.82, 2.24) is 5.32 Å². The highest BCUT2D eigenvalue weighted by Gasteiger charge is 2.15. The first-order valence-electron chi connectivity index (χ1n) is 4.62. The Labute approximate surface area is 92.6 Å². The van der Waals surface area contributed by atoms with E-state index in [0.717, 1.165) is 4.88 Å². The molecule has 84 valence electrons. The van der Waals surface area contributed by atoms with Crippen LogP contribution in [0.5, 0.6) is 0 Å². The first-order valence-corrected chi connectivity index (χ1v) is 5.44. The van der Waals surface area contributed by atoms with Crippen molar-refractivity contribution in [2.75, 3.05) is 6.61 Å². The van der Waals surface area contributed by atoms with Crippen molar-refractivity contribution in [2.45, 2.75) is 25.9 Å². The van der Waals surface area contributed by atoms with E-state index in [0.29, 0.717) is 11.4 Å². The number of hydrogen-bond acceptors (Lipinski definition) is 4. The van der Waals surface area contributed by atoms with Crippen molar-refractivity contribution in [3.63, 3.8) is 0 Å². The van der Waals surface area contributed by atoms with E-state index in [2.05, 4.69) is 5.32 Å². The summed E-state index contributed by atoms with van der Waals surface area (Å²) >= 11 is 1.25. The van der Waals surface area contributed by atoms with Gasteiger partial charge >= 0.3 is 5.97 Å². The molecule has 15 heavy (non-hydrogen) atoms. The number of aliphatic hydroxyl groups excluding tert-OH is 1. The van der Waals surface area contributed by atoms with Crippen LogP contribution in [0.1, 0.15) is 28.4 Å². The zero-order valence-electron chi connectivity index (χ0n) is 8.78. The summed E-state index contributed by atoms with van der Waals surface area (Å²) in [6.45, 7) is 4.40. The number of carboxylic acid groups (broad SMARTS) is 1. The Morgan fingerprint density at radius 1 is 1.53 bits per heavy atom. The summed E-state index contributed by atoms with van der Waals surface area (Å²) in [5.41, 5.74) is -0.340. The van der Waals surface area contributed by atoms with Gasteiger partial charge in [0.15, 0.2) is 0 Å². The van der Waals surface area contributed by atoms with Gasteiger partial charge in [0, 0.05) is 17.0 Å². The average molecular weight is 229 g/mol. The van der Waals surface area contributed by atoms with Crippen LogP contribution in [0.2, 0.25) is 0 Å². The lowest BCUT2D eigenvalue weighted by atomic mass is 10.1. The average Bonchev–Trinajstić information content (AvgIpc) is 2.63. The molecule has 0 aromatic carbocycles. The molecule has 0 saturated carbocycles. The van der Waals surface area contributed by atoms with Crippen molar-refractivity contribution in [3.05, 3.63) is 21.9 Å². The van der Waals surface area contributed by atoms with Gasteiger partial charge < -0.3 is 15.5 Å². The van der Waals surface area contributed by atoms with Crippen molar-refractivity contribution in [3.8, 4) is 0 Å². The van der Waals surface area contributed by atoms with Gasteiger partial charge in [-0.3, -0.25) is 0 Å². The van der Waals surface area contributed by atoms with Gasteiger partial charge in [-0.2, -0.15) is 0 Å². The van der Waals surface area contributed by atoms with E-state index in [1.165, 1.54) is 11.3 Å². The maximum atomic E-state index is 10.6. The van der Waals surface area contributed by atoms with Gasteiger partial charge in [-0.15, -0.1) is 11.3 Å². The summed E-state index contributed by atoms with van der Waals surface area (Å²) in [4.78, 5) is 11.9. The number of carboxylic acids is 1. The topological polar surface area (TPSA) is 69.6 Å². The molecule has 5 heteroatoms. The van der Waals surface area contributed by atoms with E-state index in [-0.39, 0.29) is 12.1 Å². The third-order valence-corrected chi connectivity index (χ3v) is 3.08. The second-order valence-electron chi connectivity index (χ2n) is 3.97. The number of nitrogens with one attached hydrogen (secondary N) is 1. The molecule has 0 radical (unpaired) electrons. The fourth-order valence-corrected chi connectivity index (χ4v) is 1.76. The van der Waals surface area contributed by atoms with Crippen LogP contribution in [-0.2, 0) is 6.54 Å². The van der Waals surface area contributed by atoms with E-state index in [1.54, 1.807) is 12.1 Å². The molecule has 4 nitrogen and oxygen atoms in total. The maximum absolute atomic E-state index is 10.6. The van der Waals surface area contributed by atoms with Gasteiger partial charge in [0.1, 0.15) is 4.88 Å². The number of aliphatic hydroxyl groups is 1. The maximum Gasteiger partial charge on any atom is 0.345 e. The minimum absolute atomic E-state index is 0.0458. The highest BCUT2D eigenvalue weighted by molar-refractivity contribution is 7.13. The summed E-state index contributed by atoms with van der Waals surface area (Å²) in [5.74, 6) is -0.896. The number of carbonyl (C=O) groups is 1. The molecule has 1 aromatic rings. The molecule has 0 fully saturated rings. The van der Waals surface area contributed by atoms with Crippen molar-refractivity contribution in [2.24, 2.45) is 0 Å². The van der Waals surface area contributed by atoms with Gasteiger partial charge in [-0.1, -0.05) is 0 Å². The standard InChI is InChI=1S/C10H15NO3S/c1-10(2,6-12)11-5-7-3-4-8(15-7)9(13)14/h3-4,11-12H,5-6H2,1-2H3,(H,13,14). The molecule has 1 aromatic heterocycles. The largest absolute Gasteiger partial charge is 0.477 e. The van der Waals surface area contributed by atoms with Crippen molar-refractivity contribution in [1.29, 1.82) is 0 Å². The zero-order valence-corrected chi connectivity index (χ0v) is 9.60. The van der Waals surface area contributed by atoms with Crippen LogP contribution in [-0.4, -0.2) is 28.3 Å². The molecular weight excluding hydrogens is 214 g/mol. The molecule has 0 atom stereocenters. The molecular formula is C10H15NO3S. The Morgan fingerprint density at radius 3 is 2.67 bits per heavy atom. The molecule has 0 bridgehead atoms. The smallest absolute Gasteiger partial charge is 0.345 e. The Morgan fingerprint density at radius 2 is 2.20 bits per heavy atom. The molecule has 0 unspecified atom stereocenters. The minimum Gasteiger partial charge on any atom is -0.477 e. The fourth-order valence-electron chi connectivity index (χ4n) is 0.970. The van der Waals surface area contributed by atoms with Crippen LogP contribution in [0, 0.1) is 0 Å². The first-order chi connectivity index (χ1) is 6.94. The fraction of sp³-hybridized carbons (Fsp3) is 0.500. The number of thiophene rings is 1. The SMILES string of the molecule is CC(C)(CO)NCc1ccc(C(=O)O)s1. The van der Waals surface area contributed by atoms with Gasteiger partial charge in [-0.05, 0) is 26.0 Å². The Bertz CT molecular complexity index is 346. The van der Waals surface area contributed by atoms with E-state index < -0.39 is 5.97 Å². The molecule has 3 N–H and O–H groups in total. The lowest BCUT2D eigenvalue weighted by molar-refractivity contribution is 0.0702. The van der Waals surface area contributed by atoms with Crippen LogP contribution < -0.4 is 5.32 Å². The summed E-state index contributed by atoms with van der Waals surface area (Å²) in [5, 5.41) is 20.9. The summed E-state index contributed by atoms with van der Waals surface area (Å²) in [7, 11) is 0. The normalized spacial score (nSPS) is 11.7. The lowest BCUT2D eigenvalue weighted by Gasteiger charge is -2.22. The highest BCUT2D eigenvalue weighted by atomic mass is 32.1. The second kappa shape index (κ2) is 4.74. The molecule has 0 aliphatic carbocycles. The van der Waals surface area contributed by atoms with Crippen LogP contribution in [0.15, 0.2) is 12.1 Å². The van der Waals surface area contributed by atoms with E-state index >= 15 is 0 Å². The van der Waals surface area contributed by atoms with Crippen molar-refractivity contribution >= 4 is 17.3 Å². The zero-order chi connectivity index (χ0) is 11.5. The highest BCUT2D eigenvalue weighted by Crippen LogP contribution is 2.17. The summed E-state index contributed by atoms with van der Waals surface area (Å²) < 4.78 is 0. The van der Waals surface area contributed by atoms with Crippen molar-refractivity contribution < 1.29 is 15.0 Å². The van der Waals surface area contributed by atoms with E-state index in [4.69, 9.17) is 10.2 Å². The Kier molecular flexibility index (Phi) is 3.84. The quantitative estimate of drug-likeness (QED) is 0.712. The molecule has 0 aliphatic rings. The van der Waals surface area contributed by atoms with E-state index in [1.807, 2.05) is 13.8 Å². The van der Waals surface area contributed by atoms with Gasteiger partial charge in [0.05, 0.1) is 6.61 Å². The number of rotatable bonds is 5. The Hall–Kier alpha value is -0.910. The molecule has 0 spiro atoms. The molecule has 0 aliphatic heterocycles. The minimum atomic E-state index is -0.896. The summed E-state index contributed by atoms with van der Waals surface area (Å²) in [6, 6.07) is 3.38. The number of hydrogen-bond donors (Lipinski definition) is 3. The molecule has 0 amide bonds. The third kappa shape index (κ3) is 3.62. The van der Waals surface area contributed by atoms with Gasteiger partial charge in [0.25, 0.3) is 0 Å².